The number of ketones is 1. The SMILES string of the molecule is CC(=O)c1cccc(S(=O)(=O)N2CCN(C(=O)[C@@H]3CCCN3C(=O)c3cccs3)CC2)c1. The zero-order valence-electron chi connectivity index (χ0n) is 17.8. The van der Waals surface area contributed by atoms with Crippen LogP contribution in [0, 0.1) is 0 Å². The Balaban J connectivity index is 1.42. The smallest absolute Gasteiger partial charge is 0.264 e. The van der Waals surface area contributed by atoms with Crippen molar-refractivity contribution in [1.82, 2.24) is 14.1 Å². The Morgan fingerprint density at radius 1 is 1.00 bits per heavy atom. The molecule has 0 spiro atoms. The van der Waals surface area contributed by atoms with Gasteiger partial charge in [0.2, 0.25) is 15.9 Å². The number of nitrogens with zero attached hydrogens (tertiary/aromatic N) is 3. The van der Waals surface area contributed by atoms with Crippen LogP contribution in [0.1, 0.15) is 39.8 Å². The fraction of sp³-hybridized carbons (Fsp3) is 0.409. The van der Waals surface area contributed by atoms with Gasteiger partial charge in [-0.15, -0.1) is 11.3 Å². The Hall–Kier alpha value is -2.56. The summed E-state index contributed by atoms with van der Waals surface area (Å²) in [7, 11) is -3.76. The van der Waals surface area contributed by atoms with Gasteiger partial charge in [-0.25, -0.2) is 8.42 Å². The van der Waals surface area contributed by atoms with Crippen LogP contribution in [-0.2, 0) is 14.8 Å². The van der Waals surface area contributed by atoms with Crippen LogP contribution >= 0.6 is 11.3 Å². The molecular formula is C22H25N3O5S2. The van der Waals surface area contributed by atoms with E-state index < -0.39 is 16.1 Å². The van der Waals surface area contributed by atoms with Gasteiger partial charge < -0.3 is 9.80 Å². The van der Waals surface area contributed by atoms with Crippen LogP contribution in [0.25, 0.3) is 0 Å². The Labute approximate surface area is 191 Å². The molecule has 3 heterocycles. The van der Waals surface area contributed by atoms with E-state index in [1.54, 1.807) is 28.0 Å². The highest BCUT2D eigenvalue weighted by Gasteiger charge is 2.39. The van der Waals surface area contributed by atoms with Crippen molar-refractivity contribution in [2.75, 3.05) is 32.7 Å². The molecule has 0 bridgehead atoms. The predicted octanol–water partition coefficient (Wildman–Crippen LogP) is 2.09. The van der Waals surface area contributed by atoms with Gasteiger partial charge in [-0.05, 0) is 43.3 Å². The van der Waals surface area contributed by atoms with Crippen LogP contribution in [-0.4, -0.2) is 78.9 Å². The second-order valence-corrected chi connectivity index (χ2v) is 10.8. The lowest BCUT2D eigenvalue weighted by Gasteiger charge is -2.36. The minimum atomic E-state index is -3.76. The van der Waals surface area contributed by atoms with Crippen LogP contribution in [0.2, 0.25) is 0 Å². The van der Waals surface area contributed by atoms with Crippen molar-refractivity contribution in [1.29, 1.82) is 0 Å². The number of piperazine rings is 1. The summed E-state index contributed by atoms with van der Waals surface area (Å²) in [6.07, 6.45) is 1.39. The molecule has 2 aliphatic rings. The number of amides is 2. The summed E-state index contributed by atoms with van der Waals surface area (Å²) in [6, 6.07) is 9.09. The Bertz CT molecular complexity index is 1120. The van der Waals surface area contributed by atoms with Crippen molar-refractivity contribution in [3.05, 3.63) is 52.2 Å². The van der Waals surface area contributed by atoms with E-state index in [0.717, 1.165) is 6.42 Å². The number of hydrogen-bond acceptors (Lipinski definition) is 6. The van der Waals surface area contributed by atoms with Crippen molar-refractivity contribution in [3.63, 3.8) is 0 Å². The van der Waals surface area contributed by atoms with Gasteiger partial charge in [0, 0.05) is 38.3 Å². The van der Waals surface area contributed by atoms with E-state index in [0.29, 0.717) is 23.4 Å². The number of rotatable bonds is 5. The van der Waals surface area contributed by atoms with Crippen LogP contribution in [0.4, 0.5) is 0 Å². The van der Waals surface area contributed by atoms with Gasteiger partial charge in [-0.1, -0.05) is 18.2 Å². The summed E-state index contributed by atoms with van der Waals surface area (Å²) in [4.78, 5) is 41.5. The zero-order chi connectivity index (χ0) is 22.9. The van der Waals surface area contributed by atoms with Crippen molar-refractivity contribution in [2.24, 2.45) is 0 Å². The zero-order valence-corrected chi connectivity index (χ0v) is 19.4. The molecule has 1 atom stereocenters. The minimum absolute atomic E-state index is 0.0773. The average molecular weight is 476 g/mol. The van der Waals surface area contributed by atoms with Crippen molar-refractivity contribution < 1.29 is 22.8 Å². The molecule has 4 rings (SSSR count). The van der Waals surface area contributed by atoms with E-state index in [9.17, 15) is 22.8 Å². The number of carbonyl (C=O) groups excluding carboxylic acids is 3. The van der Waals surface area contributed by atoms with E-state index in [4.69, 9.17) is 0 Å². The topological polar surface area (TPSA) is 95.1 Å². The van der Waals surface area contributed by atoms with Crippen LogP contribution in [0.3, 0.4) is 0 Å². The first-order valence-electron chi connectivity index (χ1n) is 10.5. The molecule has 1 aromatic carbocycles. The third kappa shape index (κ3) is 4.35. The number of carbonyl (C=O) groups is 3. The molecule has 2 saturated heterocycles. The van der Waals surface area contributed by atoms with Gasteiger partial charge in [0.05, 0.1) is 9.77 Å². The molecule has 0 N–H and O–H groups in total. The summed E-state index contributed by atoms with van der Waals surface area (Å²) < 4.78 is 27.4. The normalized spacial score (nSPS) is 19.8. The highest BCUT2D eigenvalue weighted by molar-refractivity contribution is 7.89. The first kappa shape index (κ1) is 22.6. The lowest BCUT2D eigenvalue weighted by atomic mass is 10.1. The molecule has 32 heavy (non-hydrogen) atoms. The largest absolute Gasteiger partial charge is 0.338 e. The van der Waals surface area contributed by atoms with Crippen molar-refractivity contribution in [2.45, 2.75) is 30.7 Å². The fourth-order valence-electron chi connectivity index (χ4n) is 4.19. The van der Waals surface area contributed by atoms with Gasteiger partial charge in [-0.3, -0.25) is 14.4 Å². The second-order valence-electron chi connectivity index (χ2n) is 7.95. The lowest BCUT2D eigenvalue weighted by Crippen LogP contribution is -2.55. The average Bonchev–Trinajstić information content (AvgIpc) is 3.51. The lowest BCUT2D eigenvalue weighted by molar-refractivity contribution is -0.136. The molecule has 8 nitrogen and oxygen atoms in total. The van der Waals surface area contributed by atoms with E-state index >= 15 is 0 Å². The molecule has 0 aliphatic carbocycles. The van der Waals surface area contributed by atoms with Gasteiger partial charge in [0.1, 0.15) is 6.04 Å². The van der Waals surface area contributed by atoms with Crippen molar-refractivity contribution in [3.8, 4) is 0 Å². The summed E-state index contributed by atoms with van der Waals surface area (Å²) in [6.45, 7) is 2.82. The molecule has 0 unspecified atom stereocenters. The van der Waals surface area contributed by atoms with E-state index in [2.05, 4.69) is 0 Å². The number of hydrogen-bond donors (Lipinski definition) is 0. The molecule has 0 radical (unpaired) electrons. The van der Waals surface area contributed by atoms with Crippen LogP contribution < -0.4 is 0 Å². The van der Waals surface area contributed by atoms with Gasteiger partial charge in [0.25, 0.3) is 5.91 Å². The molecule has 2 aliphatic heterocycles. The van der Waals surface area contributed by atoms with E-state index in [1.807, 2.05) is 11.4 Å². The highest BCUT2D eigenvalue weighted by Crippen LogP contribution is 2.25. The maximum absolute atomic E-state index is 13.2. The molecule has 0 saturated carbocycles. The Kier molecular flexibility index (Phi) is 6.45. The molecule has 2 fully saturated rings. The maximum Gasteiger partial charge on any atom is 0.264 e. The molecule has 10 heteroatoms. The number of sulfonamides is 1. The van der Waals surface area contributed by atoms with Crippen molar-refractivity contribution >= 4 is 39.0 Å². The highest BCUT2D eigenvalue weighted by atomic mass is 32.2. The first-order valence-corrected chi connectivity index (χ1v) is 12.9. The monoisotopic (exact) mass is 475 g/mol. The first-order chi connectivity index (χ1) is 15.3. The standard InChI is InChI=1S/C22H25N3O5S2/c1-16(26)17-5-2-6-18(15-17)32(29,30)24-12-10-23(11-13-24)21(27)19-7-3-9-25(19)22(28)20-8-4-14-31-20/h2,4-6,8,14-15,19H,3,7,9-13H2,1H3/t19-/m0/s1. The van der Waals surface area contributed by atoms with Gasteiger partial charge in [0.15, 0.2) is 5.78 Å². The third-order valence-electron chi connectivity index (χ3n) is 5.96. The van der Waals surface area contributed by atoms with Crippen LogP contribution in [0.5, 0.6) is 0 Å². The number of likely N-dealkylation sites (tertiary alicyclic amines) is 1. The molecule has 2 aromatic rings. The summed E-state index contributed by atoms with van der Waals surface area (Å²) in [5.41, 5.74) is 0.344. The predicted molar refractivity (Wildman–Crippen MR) is 120 cm³/mol. The second kappa shape index (κ2) is 9.13. The Morgan fingerprint density at radius 3 is 2.41 bits per heavy atom. The van der Waals surface area contributed by atoms with E-state index in [1.165, 1.54) is 34.7 Å². The Morgan fingerprint density at radius 2 is 1.75 bits per heavy atom. The number of Topliss-reactive ketones (excluding diaryl/α,β-unsaturated/α-hetero) is 1. The summed E-state index contributed by atoms with van der Waals surface area (Å²) >= 11 is 1.36. The number of thiophene rings is 1. The van der Waals surface area contributed by atoms with Crippen LogP contribution in [0.15, 0.2) is 46.7 Å². The van der Waals surface area contributed by atoms with E-state index in [-0.39, 0.29) is 48.7 Å². The minimum Gasteiger partial charge on any atom is -0.338 e. The maximum atomic E-state index is 13.2. The summed E-state index contributed by atoms with van der Waals surface area (Å²) in [5, 5.41) is 1.84. The molecule has 170 valence electrons. The number of benzene rings is 1. The van der Waals surface area contributed by atoms with Gasteiger partial charge >= 0.3 is 0 Å². The van der Waals surface area contributed by atoms with Gasteiger partial charge in [-0.2, -0.15) is 4.31 Å². The fourth-order valence-corrected chi connectivity index (χ4v) is 6.34. The summed E-state index contributed by atoms with van der Waals surface area (Å²) in [5.74, 6) is -0.443. The molecule has 1 aromatic heterocycles. The molecular weight excluding hydrogens is 450 g/mol. The third-order valence-corrected chi connectivity index (χ3v) is 8.71. The molecule has 2 amide bonds. The quantitative estimate of drug-likeness (QED) is 0.617.